The Balaban J connectivity index is 2.05. The van der Waals surface area contributed by atoms with Crippen LogP contribution in [0.4, 0.5) is 8.78 Å². The second-order valence-corrected chi connectivity index (χ2v) is 5.88. The number of alkyl halides is 2. The Labute approximate surface area is 114 Å². The van der Waals surface area contributed by atoms with Crippen molar-refractivity contribution < 1.29 is 8.78 Å². The van der Waals surface area contributed by atoms with E-state index in [-0.39, 0.29) is 17.9 Å². The molecule has 0 spiro atoms. The first-order valence-corrected chi connectivity index (χ1v) is 7.18. The van der Waals surface area contributed by atoms with Gasteiger partial charge >= 0.3 is 0 Å². The van der Waals surface area contributed by atoms with Crippen molar-refractivity contribution in [1.82, 2.24) is 5.32 Å². The lowest BCUT2D eigenvalue weighted by molar-refractivity contribution is -0.0326. The first-order valence-electron chi connectivity index (χ1n) is 7.18. The lowest BCUT2D eigenvalue weighted by atomic mass is 9.88. The summed E-state index contributed by atoms with van der Waals surface area (Å²) in [5.74, 6) is -2.18. The normalized spacial score (nSPS) is 17.9. The molecule has 1 fully saturated rings. The summed E-state index contributed by atoms with van der Waals surface area (Å²) in [4.78, 5) is 0. The average molecular weight is 267 g/mol. The molecule has 1 N–H and O–H groups in total. The van der Waals surface area contributed by atoms with Crippen LogP contribution >= 0.6 is 0 Å². The van der Waals surface area contributed by atoms with E-state index in [2.05, 4.69) is 19.2 Å². The van der Waals surface area contributed by atoms with Crippen LogP contribution in [-0.4, -0.2) is 13.1 Å². The van der Waals surface area contributed by atoms with Crippen molar-refractivity contribution in [3.63, 3.8) is 0 Å². The fraction of sp³-hybridized carbons (Fsp3) is 0.625. The fourth-order valence-electron chi connectivity index (χ4n) is 2.68. The minimum atomic E-state index is -2.70. The quantitative estimate of drug-likeness (QED) is 0.858. The predicted octanol–water partition coefficient (Wildman–Crippen LogP) is 4.29. The van der Waals surface area contributed by atoms with E-state index in [1.54, 1.807) is 12.1 Å². The molecule has 1 aliphatic rings. The number of hydrogen-bond donors (Lipinski definition) is 1. The largest absolute Gasteiger partial charge is 0.317 e. The first kappa shape index (κ1) is 14.4. The Morgan fingerprint density at radius 1 is 1.16 bits per heavy atom. The van der Waals surface area contributed by atoms with Gasteiger partial charge in [-0.15, -0.1) is 0 Å². The highest BCUT2D eigenvalue weighted by atomic mass is 19.3. The van der Waals surface area contributed by atoms with Crippen molar-refractivity contribution in [2.24, 2.45) is 5.92 Å². The molecule has 0 unspecified atom stereocenters. The van der Waals surface area contributed by atoms with Crippen LogP contribution in [0.25, 0.3) is 0 Å². The number of halogens is 2. The first-order chi connectivity index (χ1) is 8.99. The molecule has 1 heterocycles. The van der Waals surface area contributed by atoms with Gasteiger partial charge in [0.15, 0.2) is 0 Å². The van der Waals surface area contributed by atoms with Gasteiger partial charge in [-0.05, 0) is 43.3 Å². The highest BCUT2D eigenvalue weighted by Gasteiger charge is 2.35. The number of piperidine rings is 1. The van der Waals surface area contributed by atoms with Crippen LogP contribution in [0.3, 0.4) is 0 Å². The molecule has 19 heavy (non-hydrogen) atoms. The summed E-state index contributed by atoms with van der Waals surface area (Å²) in [6.45, 7) is 5.88. The van der Waals surface area contributed by atoms with Crippen LogP contribution in [0, 0.1) is 5.92 Å². The number of rotatable bonds is 4. The Bertz CT molecular complexity index is 392. The predicted molar refractivity (Wildman–Crippen MR) is 74.6 cm³/mol. The minimum Gasteiger partial charge on any atom is -0.317 e. The minimum absolute atomic E-state index is 0.0181. The molecular weight excluding hydrogens is 244 g/mol. The van der Waals surface area contributed by atoms with Gasteiger partial charge in [-0.2, -0.15) is 0 Å². The van der Waals surface area contributed by atoms with E-state index in [0.29, 0.717) is 5.92 Å². The van der Waals surface area contributed by atoms with Crippen LogP contribution in [0.5, 0.6) is 0 Å². The Hall–Kier alpha value is -0.960. The van der Waals surface area contributed by atoms with Crippen LogP contribution in [-0.2, 0) is 5.92 Å². The monoisotopic (exact) mass is 267 g/mol. The van der Waals surface area contributed by atoms with E-state index < -0.39 is 5.92 Å². The van der Waals surface area contributed by atoms with Crippen molar-refractivity contribution in [2.75, 3.05) is 13.1 Å². The standard InChI is InChI=1S/C16H23F2N/c1-12(2)14-3-5-15(6-4-14)16(17,18)11-13-7-9-19-10-8-13/h3-6,12-13,19H,7-11H2,1-2H3. The summed E-state index contributed by atoms with van der Waals surface area (Å²) in [6, 6.07) is 6.85. The fourth-order valence-corrected chi connectivity index (χ4v) is 2.68. The molecule has 0 atom stereocenters. The van der Waals surface area contributed by atoms with E-state index in [9.17, 15) is 8.78 Å². The summed E-state index contributed by atoms with van der Waals surface area (Å²) in [5, 5.41) is 3.22. The maximum absolute atomic E-state index is 14.3. The molecule has 1 aromatic carbocycles. The Morgan fingerprint density at radius 2 is 1.74 bits per heavy atom. The molecular formula is C16H23F2N. The van der Waals surface area contributed by atoms with Crippen molar-refractivity contribution in [3.05, 3.63) is 35.4 Å². The molecule has 2 rings (SSSR count). The van der Waals surface area contributed by atoms with Crippen LogP contribution < -0.4 is 5.32 Å². The molecule has 106 valence electrons. The second-order valence-electron chi connectivity index (χ2n) is 5.88. The summed E-state index contributed by atoms with van der Waals surface area (Å²) >= 11 is 0. The molecule has 3 heteroatoms. The van der Waals surface area contributed by atoms with E-state index in [4.69, 9.17) is 0 Å². The third-order valence-electron chi connectivity index (χ3n) is 4.00. The van der Waals surface area contributed by atoms with Gasteiger partial charge in [0.1, 0.15) is 0 Å². The summed E-state index contributed by atoms with van der Waals surface area (Å²) in [6.07, 6.45) is 1.70. The van der Waals surface area contributed by atoms with Gasteiger partial charge in [0.25, 0.3) is 5.92 Å². The van der Waals surface area contributed by atoms with E-state index in [1.807, 2.05) is 12.1 Å². The molecule has 0 bridgehead atoms. The molecule has 1 nitrogen and oxygen atoms in total. The number of hydrogen-bond acceptors (Lipinski definition) is 1. The van der Waals surface area contributed by atoms with Gasteiger partial charge in [0.2, 0.25) is 0 Å². The topological polar surface area (TPSA) is 12.0 Å². The van der Waals surface area contributed by atoms with Gasteiger partial charge in [0.05, 0.1) is 0 Å². The lowest BCUT2D eigenvalue weighted by Gasteiger charge is -2.27. The molecule has 0 amide bonds. The molecule has 0 saturated carbocycles. The number of benzene rings is 1. The van der Waals surface area contributed by atoms with Gasteiger partial charge in [0, 0.05) is 12.0 Å². The SMILES string of the molecule is CC(C)c1ccc(C(F)(F)CC2CCNCC2)cc1. The zero-order chi connectivity index (χ0) is 13.9. The molecule has 0 aliphatic carbocycles. The maximum atomic E-state index is 14.3. The van der Waals surface area contributed by atoms with Gasteiger partial charge in [-0.1, -0.05) is 38.1 Å². The highest BCUT2D eigenvalue weighted by molar-refractivity contribution is 5.27. The van der Waals surface area contributed by atoms with Crippen LogP contribution in [0.15, 0.2) is 24.3 Å². The lowest BCUT2D eigenvalue weighted by Crippen LogP contribution is -2.30. The maximum Gasteiger partial charge on any atom is 0.273 e. The van der Waals surface area contributed by atoms with Crippen molar-refractivity contribution >= 4 is 0 Å². The van der Waals surface area contributed by atoms with Crippen molar-refractivity contribution in [1.29, 1.82) is 0 Å². The Morgan fingerprint density at radius 3 is 2.26 bits per heavy atom. The molecule has 1 aromatic rings. The third-order valence-corrected chi connectivity index (χ3v) is 4.00. The van der Waals surface area contributed by atoms with Crippen LogP contribution in [0.1, 0.15) is 50.2 Å². The van der Waals surface area contributed by atoms with E-state index in [1.165, 1.54) is 0 Å². The molecule has 1 aliphatic heterocycles. The Kier molecular flexibility index (Phi) is 4.56. The summed E-state index contributed by atoms with van der Waals surface area (Å²) in [7, 11) is 0. The van der Waals surface area contributed by atoms with Gasteiger partial charge < -0.3 is 5.32 Å². The average Bonchev–Trinajstić information content (AvgIpc) is 2.39. The summed E-state index contributed by atoms with van der Waals surface area (Å²) < 4.78 is 28.5. The van der Waals surface area contributed by atoms with E-state index >= 15 is 0 Å². The smallest absolute Gasteiger partial charge is 0.273 e. The zero-order valence-electron chi connectivity index (χ0n) is 11.8. The third kappa shape index (κ3) is 3.75. The highest BCUT2D eigenvalue weighted by Crippen LogP contribution is 2.37. The second kappa shape index (κ2) is 6.00. The molecule has 0 aromatic heterocycles. The summed E-state index contributed by atoms with van der Waals surface area (Å²) in [5.41, 5.74) is 1.27. The van der Waals surface area contributed by atoms with E-state index in [0.717, 1.165) is 31.5 Å². The van der Waals surface area contributed by atoms with Gasteiger partial charge in [-0.3, -0.25) is 0 Å². The van der Waals surface area contributed by atoms with Crippen molar-refractivity contribution in [2.45, 2.75) is 45.0 Å². The van der Waals surface area contributed by atoms with Crippen LogP contribution in [0.2, 0.25) is 0 Å². The van der Waals surface area contributed by atoms with Crippen molar-refractivity contribution in [3.8, 4) is 0 Å². The number of nitrogens with one attached hydrogen (secondary N) is 1. The van der Waals surface area contributed by atoms with Gasteiger partial charge in [-0.25, -0.2) is 8.78 Å². The molecule has 0 radical (unpaired) electrons. The molecule has 1 saturated heterocycles. The zero-order valence-corrected chi connectivity index (χ0v) is 11.8.